The summed E-state index contributed by atoms with van der Waals surface area (Å²) in [6.45, 7) is 4.18. The summed E-state index contributed by atoms with van der Waals surface area (Å²) in [6.07, 6.45) is 0.904. The number of carbonyl (C=O) groups is 1. The van der Waals surface area contributed by atoms with E-state index in [0.717, 1.165) is 5.56 Å². The Bertz CT molecular complexity index is 1310. The van der Waals surface area contributed by atoms with Crippen molar-refractivity contribution in [1.82, 2.24) is 0 Å². The van der Waals surface area contributed by atoms with Crippen molar-refractivity contribution in [2.45, 2.75) is 32.6 Å². The summed E-state index contributed by atoms with van der Waals surface area (Å²) < 4.78 is 11.0. The smallest absolute Gasteiger partial charge is 0.231 e. The quantitative estimate of drug-likeness (QED) is 0.731. The molecule has 0 saturated heterocycles. The third-order valence-electron chi connectivity index (χ3n) is 6.51. The second kappa shape index (κ2) is 7.50. The van der Waals surface area contributed by atoms with E-state index < -0.39 is 11.8 Å². The summed E-state index contributed by atoms with van der Waals surface area (Å²) in [7, 11) is 0. The zero-order valence-corrected chi connectivity index (χ0v) is 18.4. The SMILES string of the molecule is CC1(C)CC(=O)C2=C(C1)N(c1ccccc1C#N)C(=N)C(C#N)C2c1ccc2c(c1)OCO2. The number of nitrogens with one attached hydrogen (secondary N) is 1. The van der Waals surface area contributed by atoms with Gasteiger partial charge in [0.1, 0.15) is 17.8 Å². The van der Waals surface area contributed by atoms with Gasteiger partial charge in [-0.1, -0.05) is 32.0 Å². The van der Waals surface area contributed by atoms with Gasteiger partial charge in [-0.05, 0) is 41.7 Å². The van der Waals surface area contributed by atoms with Crippen LogP contribution in [0.15, 0.2) is 53.7 Å². The summed E-state index contributed by atoms with van der Waals surface area (Å²) in [5.41, 5.74) is 2.58. The molecule has 2 unspecified atom stereocenters. The Morgan fingerprint density at radius 3 is 2.61 bits per heavy atom. The van der Waals surface area contributed by atoms with Crippen LogP contribution in [0.2, 0.25) is 0 Å². The number of carbonyl (C=O) groups excluding carboxylic acids is 1. The number of ether oxygens (including phenoxy) is 2. The Labute approximate surface area is 192 Å². The van der Waals surface area contributed by atoms with E-state index in [-0.39, 0.29) is 23.8 Å². The minimum Gasteiger partial charge on any atom is -0.454 e. The van der Waals surface area contributed by atoms with Gasteiger partial charge in [0.25, 0.3) is 0 Å². The molecule has 2 heterocycles. The van der Waals surface area contributed by atoms with E-state index in [9.17, 15) is 15.3 Å². The van der Waals surface area contributed by atoms with Gasteiger partial charge in [0.2, 0.25) is 6.79 Å². The monoisotopic (exact) mass is 438 g/mol. The van der Waals surface area contributed by atoms with Crippen LogP contribution >= 0.6 is 0 Å². The third-order valence-corrected chi connectivity index (χ3v) is 6.51. The van der Waals surface area contributed by atoms with Crippen LogP contribution in [0.3, 0.4) is 0 Å². The highest BCUT2D eigenvalue weighted by atomic mass is 16.7. The van der Waals surface area contributed by atoms with E-state index in [1.54, 1.807) is 41.3 Å². The Morgan fingerprint density at radius 2 is 1.85 bits per heavy atom. The highest BCUT2D eigenvalue weighted by molar-refractivity contribution is 6.11. The second-order valence-electron chi connectivity index (χ2n) is 9.35. The molecular formula is C26H22N4O3. The molecule has 0 amide bonds. The molecule has 33 heavy (non-hydrogen) atoms. The summed E-state index contributed by atoms with van der Waals surface area (Å²) in [5.74, 6) is -0.280. The first kappa shape index (κ1) is 20.8. The van der Waals surface area contributed by atoms with Crippen LogP contribution < -0.4 is 14.4 Å². The molecule has 0 saturated carbocycles. The summed E-state index contributed by atoms with van der Waals surface area (Å²) in [6, 6.07) is 16.9. The van der Waals surface area contributed by atoms with Crippen molar-refractivity contribution < 1.29 is 14.3 Å². The second-order valence-corrected chi connectivity index (χ2v) is 9.35. The number of fused-ring (bicyclic) bond motifs is 1. The lowest BCUT2D eigenvalue weighted by Crippen LogP contribution is -2.48. The fraction of sp³-hybridized carbons (Fsp3) is 0.308. The maximum atomic E-state index is 13.6. The average Bonchev–Trinajstić information content (AvgIpc) is 3.25. The fourth-order valence-corrected chi connectivity index (χ4v) is 5.10. The summed E-state index contributed by atoms with van der Waals surface area (Å²) in [5, 5.41) is 28.9. The number of allylic oxidation sites excluding steroid dienone is 2. The van der Waals surface area contributed by atoms with Gasteiger partial charge in [0.05, 0.1) is 17.3 Å². The van der Waals surface area contributed by atoms with E-state index in [1.807, 2.05) is 19.9 Å². The molecule has 2 aromatic rings. The van der Waals surface area contributed by atoms with E-state index >= 15 is 0 Å². The van der Waals surface area contributed by atoms with Crippen molar-refractivity contribution in [3.8, 4) is 23.6 Å². The summed E-state index contributed by atoms with van der Waals surface area (Å²) in [4.78, 5) is 15.2. The van der Waals surface area contributed by atoms with Crippen LogP contribution in [0, 0.1) is 39.4 Å². The standard InChI is InChI=1S/C26H22N4O3/c1-26(2)10-19-24(20(31)11-26)23(15-7-8-21-22(9-15)33-14-32-21)17(13-28)25(29)30(19)18-6-4-3-5-16(18)12-27/h3-9,17,23,29H,10-11,14H2,1-2H3. The number of amidine groups is 1. The van der Waals surface area contributed by atoms with Gasteiger partial charge in [-0.2, -0.15) is 10.5 Å². The Morgan fingerprint density at radius 1 is 1.09 bits per heavy atom. The van der Waals surface area contributed by atoms with Crippen molar-refractivity contribution >= 4 is 17.3 Å². The van der Waals surface area contributed by atoms with Crippen molar-refractivity contribution in [1.29, 1.82) is 15.9 Å². The maximum Gasteiger partial charge on any atom is 0.231 e. The number of hydrogen-bond acceptors (Lipinski definition) is 6. The van der Waals surface area contributed by atoms with Crippen LogP contribution in [0.25, 0.3) is 0 Å². The molecule has 2 atom stereocenters. The highest BCUT2D eigenvalue weighted by Gasteiger charge is 2.48. The van der Waals surface area contributed by atoms with Gasteiger partial charge in [-0.3, -0.25) is 15.1 Å². The Kier molecular flexibility index (Phi) is 4.72. The molecule has 0 fully saturated rings. The van der Waals surface area contributed by atoms with Crippen LogP contribution in [0.5, 0.6) is 11.5 Å². The first-order valence-corrected chi connectivity index (χ1v) is 10.8. The van der Waals surface area contributed by atoms with Crippen LogP contribution in [-0.4, -0.2) is 18.4 Å². The molecular weight excluding hydrogens is 416 g/mol. The number of anilines is 1. The zero-order valence-electron chi connectivity index (χ0n) is 18.4. The van der Waals surface area contributed by atoms with Crippen molar-refractivity contribution in [3.63, 3.8) is 0 Å². The largest absolute Gasteiger partial charge is 0.454 e. The lowest BCUT2D eigenvalue weighted by Gasteiger charge is -2.46. The van der Waals surface area contributed by atoms with Crippen LogP contribution in [-0.2, 0) is 4.79 Å². The molecule has 2 aliphatic heterocycles. The molecule has 164 valence electrons. The van der Waals surface area contributed by atoms with E-state index in [1.165, 1.54) is 0 Å². The number of ketones is 1. The number of Topliss-reactive ketones (excluding diaryl/α,β-unsaturated/α-hetero) is 1. The molecule has 3 aliphatic rings. The zero-order chi connectivity index (χ0) is 23.3. The van der Waals surface area contributed by atoms with Gasteiger partial charge < -0.3 is 9.47 Å². The number of benzene rings is 2. The maximum absolute atomic E-state index is 13.6. The van der Waals surface area contributed by atoms with Crippen molar-refractivity contribution in [2.24, 2.45) is 11.3 Å². The molecule has 0 bridgehead atoms. The number of rotatable bonds is 2. The van der Waals surface area contributed by atoms with Gasteiger partial charge in [-0.15, -0.1) is 0 Å². The average molecular weight is 438 g/mol. The molecule has 0 aromatic heterocycles. The highest BCUT2D eigenvalue weighted by Crippen LogP contribution is 2.51. The molecule has 2 aromatic carbocycles. The number of para-hydroxylation sites is 1. The molecule has 1 N–H and O–H groups in total. The Hall–Kier alpha value is -4.10. The lowest BCUT2D eigenvalue weighted by molar-refractivity contribution is -0.118. The predicted molar refractivity (Wildman–Crippen MR) is 121 cm³/mol. The van der Waals surface area contributed by atoms with Gasteiger partial charge in [-0.25, -0.2) is 0 Å². The molecule has 0 spiro atoms. The van der Waals surface area contributed by atoms with Crippen molar-refractivity contribution in [3.05, 3.63) is 64.9 Å². The molecule has 0 radical (unpaired) electrons. The number of nitrogens with zero attached hydrogens (tertiary/aromatic N) is 3. The first-order valence-electron chi connectivity index (χ1n) is 10.8. The minimum atomic E-state index is -0.902. The van der Waals surface area contributed by atoms with E-state index in [4.69, 9.17) is 14.9 Å². The number of hydrogen-bond donors (Lipinski definition) is 1. The molecule has 7 heteroatoms. The Balaban J connectivity index is 1.77. The van der Waals surface area contributed by atoms with Crippen molar-refractivity contribution in [2.75, 3.05) is 11.7 Å². The summed E-state index contributed by atoms with van der Waals surface area (Å²) >= 11 is 0. The van der Waals surface area contributed by atoms with E-state index in [2.05, 4.69) is 12.1 Å². The van der Waals surface area contributed by atoms with Crippen LogP contribution in [0.1, 0.15) is 43.7 Å². The van der Waals surface area contributed by atoms with Gasteiger partial charge >= 0.3 is 0 Å². The normalized spacial score (nSPS) is 23.1. The topological polar surface area (TPSA) is 110 Å². The fourth-order valence-electron chi connectivity index (χ4n) is 5.10. The van der Waals surface area contributed by atoms with E-state index in [0.29, 0.717) is 46.9 Å². The van der Waals surface area contributed by atoms with Gasteiger partial charge in [0.15, 0.2) is 17.3 Å². The molecule has 5 rings (SSSR count). The van der Waals surface area contributed by atoms with Crippen LogP contribution in [0.4, 0.5) is 5.69 Å². The minimum absolute atomic E-state index is 0.0314. The molecule has 7 nitrogen and oxygen atoms in total. The molecule has 1 aliphatic carbocycles. The van der Waals surface area contributed by atoms with Gasteiger partial charge in [0, 0.05) is 23.6 Å². The predicted octanol–water partition coefficient (Wildman–Crippen LogP) is 4.65. The first-order chi connectivity index (χ1) is 15.8. The number of nitriles is 2. The lowest BCUT2D eigenvalue weighted by atomic mass is 9.66. The third kappa shape index (κ3) is 3.25.